The van der Waals surface area contributed by atoms with Crippen molar-refractivity contribution in [2.75, 3.05) is 26.7 Å². The summed E-state index contributed by atoms with van der Waals surface area (Å²) in [5.74, 6) is -0.471. The molecule has 0 radical (unpaired) electrons. The van der Waals surface area contributed by atoms with E-state index in [9.17, 15) is 19.2 Å². The first-order chi connectivity index (χ1) is 13.2. The topological polar surface area (TPSA) is 117 Å². The van der Waals surface area contributed by atoms with Gasteiger partial charge < -0.3 is 20.7 Å². The summed E-state index contributed by atoms with van der Waals surface area (Å²) in [6.07, 6.45) is 0.337. The summed E-state index contributed by atoms with van der Waals surface area (Å²) < 4.78 is 5.25. The Morgan fingerprint density at radius 1 is 1.21 bits per heavy atom. The molecule has 1 fully saturated rings. The second kappa shape index (κ2) is 8.73. The van der Waals surface area contributed by atoms with Gasteiger partial charge in [-0.1, -0.05) is 13.0 Å². The maximum atomic E-state index is 13.1. The van der Waals surface area contributed by atoms with Gasteiger partial charge in [0, 0.05) is 20.0 Å². The van der Waals surface area contributed by atoms with Gasteiger partial charge in [0.05, 0.1) is 7.11 Å². The molecule has 28 heavy (non-hydrogen) atoms. The normalized spacial score (nSPS) is 18.6. The number of amides is 5. The lowest BCUT2D eigenvalue weighted by Gasteiger charge is -2.26. The number of carbonyl (C=O) groups is 4. The molecule has 1 aromatic rings. The molecule has 1 heterocycles. The van der Waals surface area contributed by atoms with E-state index in [4.69, 9.17) is 4.74 Å². The van der Waals surface area contributed by atoms with Gasteiger partial charge in [0.25, 0.3) is 5.91 Å². The van der Waals surface area contributed by atoms with Crippen LogP contribution in [0.5, 0.6) is 5.75 Å². The lowest BCUT2D eigenvalue weighted by atomic mass is 9.86. The first kappa shape index (κ1) is 21.2. The molecule has 1 saturated heterocycles. The molecule has 152 valence electrons. The van der Waals surface area contributed by atoms with Gasteiger partial charge in [-0.15, -0.1) is 0 Å². The number of nitrogens with zero attached hydrogens (tertiary/aromatic N) is 1. The molecule has 1 aliphatic heterocycles. The van der Waals surface area contributed by atoms with E-state index in [1.807, 2.05) is 6.92 Å². The highest BCUT2D eigenvalue weighted by molar-refractivity contribution is 6.09. The Labute approximate surface area is 163 Å². The average molecular weight is 390 g/mol. The molecule has 0 aromatic heterocycles. The third-order valence-electron chi connectivity index (χ3n) is 4.72. The molecule has 0 spiro atoms. The Hall–Kier alpha value is -3.10. The number of rotatable bonds is 8. The number of aryl methyl sites for hydroxylation is 1. The van der Waals surface area contributed by atoms with Crippen LogP contribution in [-0.2, 0) is 19.9 Å². The molecule has 5 amide bonds. The number of hydrogen-bond acceptors (Lipinski definition) is 5. The van der Waals surface area contributed by atoms with E-state index in [2.05, 4.69) is 16.0 Å². The van der Waals surface area contributed by atoms with E-state index in [0.717, 1.165) is 10.5 Å². The second-order valence-corrected chi connectivity index (χ2v) is 6.60. The molecule has 1 unspecified atom stereocenters. The molecule has 0 aliphatic carbocycles. The van der Waals surface area contributed by atoms with Crippen LogP contribution in [0.1, 0.15) is 31.4 Å². The first-order valence-corrected chi connectivity index (χ1v) is 9.05. The fourth-order valence-electron chi connectivity index (χ4n) is 3.19. The summed E-state index contributed by atoms with van der Waals surface area (Å²) in [6.45, 7) is 5.12. The van der Waals surface area contributed by atoms with E-state index in [1.165, 1.54) is 6.92 Å². The van der Waals surface area contributed by atoms with E-state index in [0.29, 0.717) is 17.7 Å². The van der Waals surface area contributed by atoms with Gasteiger partial charge >= 0.3 is 6.03 Å². The zero-order chi connectivity index (χ0) is 20.9. The van der Waals surface area contributed by atoms with E-state index in [1.54, 1.807) is 32.2 Å². The molecule has 1 aliphatic rings. The van der Waals surface area contributed by atoms with Crippen LogP contribution in [-0.4, -0.2) is 55.4 Å². The Morgan fingerprint density at radius 2 is 1.89 bits per heavy atom. The number of hydrogen-bond donors (Lipinski definition) is 3. The molecule has 2 rings (SSSR count). The van der Waals surface area contributed by atoms with Crippen LogP contribution in [0.25, 0.3) is 0 Å². The van der Waals surface area contributed by atoms with Gasteiger partial charge in [-0.2, -0.15) is 0 Å². The zero-order valence-electron chi connectivity index (χ0n) is 16.5. The van der Waals surface area contributed by atoms with Crippen LogP contribution in [0.4, 0.5) is 4.79 Å². The molecule has 3 N–H and O–H groups in total. The van der Waals surface area contributed by atoms with Crippen molar-refractivity contribution in [1.82, 2.24) is 20.9 Å². The summed E-state index contributed by atoms with van der Waals surface area (Å²) >= 11 is 0. The summed E-state index contributed by atoms with van der Waals surface area (Å²) in [7, 11) is 1.56. The summed E-state index contributed by atoms with van der Waals surface area (Å²) in [4.78, 5) is 49.3. The van der Waals surface area contributed by atoms with Gasteiger partial charge in [0.15, 0.2) is 0 Å². The molecule has 0 saturated carbocycles. The predicted octanol–water partition coefficient (Wildman–Crippen LogP) is 0.413. The molecular formula is C19H26N4O5. The van der Waals surface area contributed by atoms with Crippen LogP contribution < -0.4 is 20.7 Å². The lowest BCUT2D eigenvalue weighted by molar-refractivity contribution is -0.135. The Bertz CT molecular complexity index is 795. The van der Waals surface area contributed by atoms with Crippen LogP contribution in [0.3, 0.4) is 0 Å². The van der Waals surface area contributed by atoms with Gasteiger partial charge in [-0.3, -0.25) is 19.3 Å². The number of urea groups is 1. The Balaban J connectivity index is 2.13. The lowest BCUT2D eigenvalue weighted by Crippen LogP contribution is -2.45. The van der Waals surface area contributed by atoms with Crippen molar-refractivity contribution < 1.29 is 23.9 Å². The summed E-state index contributed by atoms with van der Waals surface area (Å²) in [5, 5.41) is 7.86. The van der Waals surface area contributed by atoms with E-state index < -0.39 is 23.4 Å². The Morgan fingerprint density at radius 3 is 2.46 bits per heavy atom. The standard InChI is InChI=1S/C19H26N4O5/c1-5-19(14-6-7-15(28-4)12(2)10-14)17(26)23(18(27)22-19)11-16(25)21-9-8-20-13(3)24/h6-7,10H,5,8-9,11H2,1-4H3,(H,20,24)(H,21,25)(H,22,27). The molecule has 1 aromatic carbocycles. The largest absolute Gasteiger partial charge is 0.496 e. The van der Waals surface area contributed by atoms with Crippen molar-refractivity contribution in [3.05, 3.63) is 29.3 Å². The van der Waals surface area contributed by atoms with Crippen molar-refractivity contribution in [2.24, 2.45) is 0 Å². The number of carbonyl (C=O) groups excluding carboxylic acids is 4. The van der Waals surface area contributed by atoms with Crippen LogP contribution >= 0.6 is 0 Å². The van der Waals surface area contributed by atoms with Crippen LogP contribution in [0, 0.1) is 6.92 Å². The molecule has 9 heteroatoms. The molecule has 9 nitrogen and oxygen atoms in total. The minimum atomic E-state index is -1.22. The molecular weight excluding hydrogens is 364 g/mol. The fraction of sp³-hybridized carbons (Fsp3) is 0.474. The van der Waals surface area contributed by atoms with Crippen molar-refractivity contribution in [3.63, 3.8) is 0 Å². The van der Waals surface area contributed by atoms with Crippen molar-refractivity contribution in [1.29, 1.82) is 0 Å². The second-order valence-electron chi connectivity index (χ2n) is 6.60. The smallest absolute Gasteiger partial charge is 0.325 e. The fourth-order valence-corrected chi connectivity index (χ4v) is 3.19. The summed E-state index contributed by atoms with van der Waals surface area (Å²) in [6, 6.07) is 4.68. The number of ether oxygens (including phenoxy) is 1. The van der Waals surface area contributed by atoms with Gasteiger partial charge in [-0.05, 0) is 36.6 Å². The quantitative estimate of drug-likeness (QED) is 0.439. The van der Waals surface area contributed by atoms with Crippen molar-refractivity contribution >= 4 is 23.8 Å². The molecule has 1 atom stereocenters. The SMILES string of the molecule is CCC1(c2ccc(OC)c(C)c2)NC(=O)N(CC(=O)NCCNC(C)=O)C1=O. The van der Waals surface area contributed by atoms with Gasteiger partial charge in [-0.25, -0.2) is 4.79 Å². The highest BCUT2D eigenvalue weighted by Crippen LogP contribution is 2.34. The third-order valence-corrected chi connectivity index (χ3v) is 4.72. The highest BCUT2D eigenvalue weighted by atomic mass is 16.5. The van der Waals surface area contributed by atoms with Gasteiger partial charge in [0.1, 0.15) is 17.8 Å². The number of benzene rings is 1. The predicted molar refractivity (Wildman–Crippen MR) is 102 cm³/mol. The van der Waals surface area contributed by atoms with Gasteiger partial charge in [0.2, 0.25) is 11.8 Å². The zero-order valence-corrected chi connectivity index (χ0v) is 16.5. The monoisotopic (exact) mass is 390 g/mol. The van der Waals surface area contributed by atoms with Crippen molar-refractivity contribution in [3.8, 4) is 5.75 Å². The summed E-state index contributed by atoms with van der Waals surface area (Å²) in [5.41, 5.74) is 0.258. The Kier molecular flexibility index (Phi) is 6.61. The maximum absolute atomic E-state index is 13.1. The van der Waals surface area contributed by atoms with Crippen LogP contribution in [0.2, 0.25) is 0 Å². The van der Waals surface area contributed by atoms with E-state index >= 15 is 0 Å². The highest BCUT2D eigenvalue weighted by Gasteiger charge is 2.51. The van der Waals surface area contributed by atoms with Crippen molar-refractivity contribution in [2.45, 2.75) is 32.7 Å². The molecule has 0 bridgehead atoms. The minimum absolute atomic E-state index is 0.203. The third kappa shape index (κ3) is 4.24. The first-order valence-electron chi connectivity index (χ1n) is 9.05. The average Bonchev–Trinajstić information content (AvgIpc) is 2.90. The van der Waals surface area contributed by atoms with E-state index in [-0.39, 0.29) is 25.5 Å². The van der Waals surface area contributed by atoms with Crippen LogP contribution in [0.15, 0.2) is 18.2 Å². The number of imide groups is 1. The maximum Gasteiger partial charge on any atom is 0.325 e. The minimum Gasteiger partial charge on any atom is -0.496 e. The number of methoxy groups -OCH3 is 1. The number of nitrogens with one attached hydrogen (secondary N) is 3.